The fourth-order valence-electron chi connectivity index (χ4n) is 1.71. The standard InChI is InChI=1S/C15H12F2N2O2S/c16-15(17)22-12-7-3-10(4-8-12)14(21)19-11-5-1-9(2-6-11)13(18)20/h1-8,15H,(H2,18,20)(H,19,21). The van der Waals surface area contributed by atoms with Gasteiger partial charge in [-0.2, -0.15) is 8.78 Å². The van der Waals surface area contributed by atoms with E-state index in [9.17, 15) is 18.4 Å². The van der Waals surface area contributed by atoms with E-state index in [1.54, 1.807) is 12.1 Å². The Morgan fingerprint density at radius 3 is 2.00 bits per heavy atom. The molecule has 0 aliphatic carbocycles. The maximum atomic E-state index is 12.2. The van der Waals surface area contributed by atoms with Crippen molar-refractivity contribution in [2.45, 2.75) is 10.7 Å². The summed E-state index contributed by atoms with van der Waals surface area (Å²) in [6, 6.07) is 12.0. The molecule has 114 valence electrons. The van der Waals surface area contributed by atoms with Gasteiger partial charge in [0.25, 0.3) is 11.7 Å². The summed E-state index contributed by atoms with van der Waals surface area (Å²) in [7, 11) is 0. The molecule has 0 saturated carbocycles. The Hall–Kier alpha value is -2.41. The van der Waals surface area contributed by atoms with Crippen molar-refractivity contribution in [1.29, 1.82) is 0 Å². The molecular formula is C15H12F2N2O2S. The van der Waals surface area contributed by atoms with Crippen molar-refractivity contribution in [2.75, 3.05) is 5.32 Å². The van der Waals surface area contributed by atoms with Crippen LogP contribution in [0.15, 0.2) is 53.4 Å². The molecule has 0 atom stereocenters. The number of anilines is 1. The van der Waals surface area contributed by atoms with Gasteiger partial charge in [0.1, 0.15) is 0 Å². The third-order valence-electron chi connectivity index (χ3n) is 2.77. The first-order chi connectivity index (χ1) is 10.5. The molecule has 2 aromatic carbocycles. The minimum Gasteiger partial charge on any atom is -0.366 e. The van der Waals surface area contributed by atoms with E-state index in [4.69, 9.17) is 5.73 Å². The molecule has 4 nitrogen and oxygen atoms in total. The fourth-order valence-corrected chi connectivity index (χ4v) is 2.21. The van der Waals surface area contributed by atoms with Gasteiger partial charge in [0.2, 0.25) is 5.91 Å². The molecule has 22 heavy (non-hydrogen) atoms. The minimum atomic E-state index is -2.50. The molecule has 0 heterocycles. The summed E-state index contributed by atoms with van der Waals surface area (Å²) in [5.74, 6) is -3.42. The zero-order valence-electron chi connectivity index (χ0n) is 11.3. The Bertz CT molecular complexity index is 673. The minimum absolute atomic E-state index is 0.339. The van der Waals surface area contributed by atoms with E-state index in [0.717, 1.165) is 0 Å². The number of carbonyl (C=O) groups is 2. The largest absolute Gasteiger partial charge is 0.366 e. The molecule has 2 aromatic rings. The fraction of sp³-hybridized carbons (Fsp3) is 0.0667. The molecule has 0 radical (unpaired) electrons. The van der Waals surface area contributed by atoms with Gasteiger partial charge >= 0.3 is 0 Å². The second-order valence-electron chi connectivity index (χ2n) is 4.30. The summed E-state index contributed by atoms with van der Waals surface area (Å²) in [6.45, 7) is 0. The molecular weight excluding hydrogens is 310 g/mol. The summed E-state index contributed by atoms with van der Waals surface area (Å²) in [5, 5.41) is 2.64. The number of nitrogens with one attached hydrogen (secondary N) is 1. The van der Waals surface area contributed by atoms with Gasteiger partial charge < -0.3 is 11.1 Å². The molecule has 0 bridgehead atoms. The molecule has 2 rings (SSSR count). The molecule has 0 spiro atoms. The number of carbonyl (C=O) groups excluding carboxylic acids is 2. The number of thioether (sulfide) groups is 1. The van der Waals surface area contributed by atoms with Gasteiger partial charge in [0.15, 0.2) is 0 Å². The smallest absolute Gasteiger partial charge is 0.288 e. The van der Waals surface area contributed by atoms with E-state index in [1.165, 1.54) is 36.4 Å². The SMILES string of the molecule is NC(=O)c1ccc(NC(=O)c2ccc(SC(F)F)cc2)cc1. The predicted octanol–water partition coefficient (Wildman–Crippen LogP) is 3.35. The topological polar surface area (TPSA) is 72.2 Å². The van der Waals surface area contributed by atoms with Crippen molar-refractivity contribution in [2.24, 2.45) is 5.73 Å². The quantitative estimate of drug-likeness (QED) is 0.829. The van der Waals surface area contributed by atoms with Crippen LogP contribution in [0.4, 0.5) is 14.5 Å². The molecule has 0 saturated heterocycles. The summed E-state index contributed by atoms with van der Waals surface area (Å²) in [5.41, 5.74) is 6.31. The molecule has 0 unspecified atom stereocenters. The lowest BCUT2D eigenvalue weighted by Crippen LogP contribution is -2.13. The summed E-state index contributed by atoms with van der Waals surface area (Å²) in [4.78, 5) is 23.3. The molecule has 0 fully saturated rings. The Morgan fingerprint density at radius 1 is 0.955 bits per heavy atom. The Labute approximate surface area is 129 Å². The van der Waals surface area contributed by atoms with Gasteiger partial charge in [-0.05, 0) is 48.5 Å². The van der Waals surface area contributed by atoms with E-state index in [-0.39, 0.29) is 5.91 Å². The van der Waals surface area contributed by atoms with Gasteiger partial charge in [-0.25, -0.2) is 0 Å². The number of primary amides is 1. The molecule has 0 aliphatic rings. The van der Waals surface area contributed by atoms with Crippen LogP contribution in [0, 0.1) is 0 Å². The van der Waals surface area contributed by atoms with Gasteiger partial charge in [-0.15, -0.1) is 0 Å². The molecule has 2 amide bonds. The van der Waals surface area contributed by atoms with E-state index in [1.807, 2.05) is 0 Å². The second-order valence-corrected chi connectivity index (χ2v) is 5.36. The van der Waals surface area contributed by atoms with E-state index in [0.29, 0.717) is 33.5 Å². The first-order valence-electron chi connectivity index (χ1n) is 6.22. The van der Waals surface area contributed by atoms with Crippen molar-refractivity contribution in [3.05, 3.63) is 59.7 Å². The van der Waals surface area contributed by atoms with Crippen LogP contribution in [0.1, 0.15) is 20.7 Å². The number of amides is 2. The predicted molar refractivity (Wildman–Crippen MR) is 81.2 cm³/mol. The lowest BCUT2D eigenvalue weighted by atomic mass is 10.2. The van der Waals surface area contributed by atoms with Crippen LogP contribution in [-0.2, 0) is 0 Å². The van der Waals surface area contributed by atoms with Gasteiger partial charge in [0.05, 0.1) is 0 Å². The zero-order valence-corrected chi connectivity index (χ0v) is 12.1. The highest BCUT2D eigenvalue weighted by Gasteiger charge is 2.09. The highest BCUT2D eigenvalue weighted by molar-refractivity contribution is 7.99. The Morgan fingerprint density at radius 2 is 1.50 bits per heavy atom. The lowest BCUT2D eigenvalue weighted by molar-refractivity contribution is 0.0998. The Balaban J connectivity index is 2.03. The van der Waals surface area contributed by atoms with E-state index < -0.39 is 11.7 Å². The Kier molecular flexibility index (Phi) is 5.11. The van der Waals surface area contributed by atoms with Gasteiger partial charge in [-0.1, -0.05) is 11.8 Å². The van der Waals surface area contributed by atoms with Crippen LogP contribution in [0.2, 0.25) is 0 Å². The average molecular weight is 322 g/mol. The van der Waals surface area contributed by atoms with Crippen molar-refractivity contribution in [1.82, 2.24) is 0 Å². The first-order valence-corrected chi connectivity index (χ1v) is 7.10. The number of hydrogen-bond acceptors (Lipinski definition) is 3. The van der Waals surface area contributed by atoms with Gasteiger partial charge in [-0.3, -0.25) is 9.59 Å². The van der Waals surface area contributed by atoms with Crippen LogP contribution in [-0.4, -0.2) is 17.6 Å². The van der Waals surface area contributed by atoms with Crippen molar-refractivity contribution in [3.8, 4) is 0 Å². The van der Waals surface area contributed by atoms with Gasteiger partial charge in [0, 0.05) is 21.7 Å². The normalized spacial score (nSPS) is 10.5. The number of nitrogens with two attached hydrogens (primary N) is 1. The van der Waals surface area contributed by atoms with E-state index >= 15 is 0 Å². The molecule has 3 N–H and O–H groups in total. The highest BCUT2D eigenvalue weighted by Crippen LogP contribution is 2.25. The molecule has 0 aliphatic heterocycles. The summed E-state index contributed by atoms with van der Waals surface area (Å²) < 4.78 is 24.4. The van der Waals surface area contributed by atoms with Crippen molar-refractivity contribution < 1.29 is 18.4 Å². The molecule has 7 heteroatoms. The van der Waals surface area contributed by atoms with Crippen molar-refractivity contribution >= 4 is 29.3 Å². The monoisotopic (exact) mass is 322 g/mol. The summed E-state index contributed by atoms with van der Waals surface area (Å²) in [6.07, 6.45) is 0. The number of benzene rings is 2. The third-order valence-corrected chi connectivity index (χ3v) is 3.49. The molecule has 0 aromatic heterocycles. The number of rotatable bonds is 5. The van der Waals surface area contributed by atoms with Crippen LogP contribution < -0.4 is 11.1 Å². The second kappa shape index (κ2) is 7.04. The first kappa shape index (κ1) is 16.0. The van der Waals surface area contributed by atoms with Crippen LogP contribution in [0.5, 0.6) is 0 Å². The average Bonchev–Trinajstić information content (AvgIpc) is 2.48. The number of alkyl halides is 2. The van der Waals surface area contributed by atoms with Crippen molar-refractivity contribution in [3.63, 3.8) is 0 Å². The highest BCUT2D eigenvalue weighted by atomic mass is 32.2. The third kappa shape index (κ3) is 4.29. The van der Waals surface area contributed by atoms with Crippen LogP contribution >= 0.6 is 11.8 Å². The number of halogens is 2. The summed E-state index contributed by atoms with van der Waals surface area (Å²) >= 11 is 0.418. The zero-order chi connectivity index (χ0) is 16.1. The lowest BCUT2D eigenvalue weighted by Gasteiger charge is -2.06. The number of hydrogen-bond donors (Lipinski definition) is 2. The van der Waals surface area contributed by atoms with Crippen LogP contribution in [0.25, 0.3) is 0 Å². The maximum absolute atomic E-state index is 12.2. The van der Waals surface area contributed by atoms with E-state index in [2.05, 4.69) is 5.32 Å². The maximum Gasteiger partial charge on any atom is 0.288 e. The van der Waals surface area contributed by atoms with Crippen LogP contribution in [0.3, 0.4) is 0 Å².